The Kier molecular flexibility index (Phi) is 5.53. The summed E-state index contributed by atoms with van der Waals surface area (Å²) in [6.07, 6.45) is 1.69. The van der Waals surface area contributed by atoms with Crippen LogP contribution in [0, 0.1) is 13.8 Å². The van der Waals surface area contributed by atoms with E-state index in [0.717, 1.165) is 35.6 Å². The highest BCUT2D eigenvalue weighted by Gasteiger charge is 2.27. The molecule has 1 amide bonds. The molecule has 2 aromatic heterocycles. The molecule has 3 aromatic rings. The van der Waals surface area contributed by atoms with Crippen LogP contribution < -0.4 is 9.64 Å². The van der Waals surface area contributed by atoms with Gasteiger partial charge < -0.3 is 14.5 Å². The molecule has 156 valence electrons. The molecule has 4 rings (SSSR count). The predicted molar refractivity (Wildman–Crippen MR) is 117 cm³/mol. The van der Waals surface area contributed by atoms with Crippen molar-refractivity contribution in [1.82, 2.24) is 19.9 Å². The fraction of sp³-hybridized carbons (Fsp3) is 0.391. The summed E-state index contributed by atoms with van der Waals surface area (Å²) in [4.78, 5) is 31.1. The molecule has 1 aliphatic heterocycles. The van der Waals surface area contributed by atoms with Crippen molar-refractivity contribution >= 4 is 22.8 Å². The minimum Gasteiger partial charge on any atom is -0.473 e. The molecule has 1 fully saturated rings. The Morgan fingerprint density at radius 3 is 2.27 bits per heavy atom. The van der Waals surface area contributed by atoms with E-state index >= 15 is 0 Å². The zero-order valence-electron chi connectivity index (χ0n) is 17.9. The average molecular weight is 406 g/mol. The van der Waals surface area contributed by atoms with E-state index in [1.54, 1.807) is 6.20 Å². The van der Waals surface area contributed by atoms with Crippen LogP contribution in [0.15, 0.2) is 36.5 Å². The van der Waals surface area contributed by atoms with Gasteiger partial charge in [-0.05, 0) is 63.1 Å². The molecule has 1 saturated heterocycles. The Bertz CT molecular complexity index is 1060. The summed E-state index contributed by atoms with van der Waals surface area (Å²) in [6.45, 7) is 10.6. The summed E-state index contributed by atoms with van der Waals surface area (Å²) in [6, 6.07) is 9.84. The number of aromatic nitrogens is 3. The number of rotatable bonds is 4. The quantitative estimate of drug-likeness (QED) is 0.663. The topological polar surface area (TPSA) is 71.5 Å². The molecule has 0 unspecified atom stereocenters. The number of carbonyl (C=O) groups excluding carboxylic acids is 1. The first-order valence-corrected chi connectivity index (χ1v) is 10.3. The lowest BCUT2D eigenvalue weighted by Gasteiger charge is -2.35. The number of nitrogens with zero attached hydrogens (tertiary/aromatic N) is 5. The number of benzene rings is 1. The predicted octanol–water partition coefficient (Wildman–Crippen LogP) is 3.39. The van der Waals surface area contributed by atoms with Gasteiger partial charge in [-0.15, -0.1) is 0 Å². The Morgan fingerprint density at radius 2 is 1.67 bits per heavy atom. The lowest BCUT2D eigenvalue weighted by molar-refractivity contribution is 0.0733. The van der Waals surface area contributed by atoms with Crippen LogP contribution in [-0.4, -0.2) is 58.0 Å². The van der Waals surface area contributed by atoms with Gasteiger partial charge in [0.05, 0.1) is 17.1 Å². The number of ether oxygens (including phenoxy) is 1. The van der Waals surface area contributed by atoms with Gasteiger partial charge in [0, 0.05) is 32.4 Å². The van der Waals surface area contributed by atoms with E-state index in [1.807, 2.05) is 62.9 Å². The summed E-state index contributed by atoms with van der Waals surface area (Å²) in [5.74, 6) is 1.10. The summed E-state index contributed by atoms with van der Waals surface area (Å²) in [5, 5.41) is 0. The molecule has 3 heterocycles. The van der Waals surface area contributed by atoms with Crippen molar-refractivity contribution in [2.24, 2.45) is 0 Å². The first-order valence-electron chi connectivity index (χ1n) is 10.3. The monoisotopic (exact) mass is 405 g/mol. The average Bonchev–Trinajstić information content (AvgIpc) is 2.74. The van der Waals surface area contributed by atoms with Gasteiger partial charge in [-0.3, -0.25) is 4.79 Å². The maximum absolute atomic E-state index is 13.4. The third kappa shape index (κ3) is 4.06. The summed E-state index contributed by atoms with van der Waals surface area (Å²) >= 11 is 0. The van der Waals surface area contributed by atoms with E-state index in [4.69, 9.17) is 4.74 Å². The Balaban J connectivity index is 1.61. The molecule has 0 N–H and O–H groups in total. The molecule has 0 atom stereocenters. The van der Waals surface area contributed by atoms with Gasteiger partial charge >= 0.3 is 0 Å². The second-order valence-corrected chi connectivity index (χ2v) is 7.94. The van der Waals surface area contributed by atoms with Crippen LogP contribution in [0.25, 0.3) is 11.0 Å². The normalized spacial score (nSPS) is 14.4. The molecule has 1 aliphatic rings. The fourth-order valence-corrected chi connectivity index (χ4v) is 3.57. The lowest BCUT2D eigenvalue weighted by atomic mass is 10.1. The number of amides is 1. The van der Waals surface area contributed by atoms with Crippen LogP contribution >= 0.6 is 0 Å². The van der Waals surface area contributed by atoms with Gasteiger partial charge in [-0.1, -0.05) is 6.07 Å². The lowest BCUT2D eigenvalue weighted by Crippen LogP contribution is -2.49. The molecular weight excluding hydrogens is 378 g/mol. The van der Waals surface area contributed by atoms with Crippen LogP contribution in [0.4, 0.5) is 5.82 Å². The largest absolute Gasteiger partial charge is 0.473 e. The van der Waals surface area contributed by atoms with E-state index < -0.39 is 0 Å². The number of pyridine rings is 1. The van der Waals surface area contributed by atoms with Gasteiger partial charge in [-0.2, -0.15) is 0 Å². The van der Waals surface area contributed by atoms with Crippen LogP contribution in [0.3, 0.4) is 0 Å². The number of hydrogen-bond donors (Lipinski definition) is 0. The minimum atomic E-state index is -0.140. The summed E-state index contributed by atoms with van der Waals surface area (Å²) in [5.41, 5.74) is 3.99. The van der Waals surface area contributed by atoms with Gasteiger partial charge in [0.15, 0.2) is 5.69 Å². The van der Waals surface area contributed by atoms with Crippen molar-refractivity contribution in [3.63, 3.8) is 0 Å². The molecule has 0 aliphatic carbocycles. The zero-order chi connectivity index (χ0) is 21.3. The molecule has 7 nitrogen and oxygen atoms in total. The van der Waals surface area contributed by atoms with Crippen molar-refractivity contribution < 1.29 is 9.53 Å². The van der Waals surface area contributed by atoms with Crippen molar-refractivity contribution in [3.05, 3.63) is 53.3 Å². The maximum atomic E-state index is 13.4. The Labute approximate surface area is 176 Å². The first kappa shape index (κ1) is 20.1. The van der Waals surface area contributed by atoms with Crippen molar-refractivity contribution in [3.8, 4) is 5.88 Å². The van der Waals surface area contributed by atoms with Crippen molar-refractivity contribution in [2.75, 3.05) is 31.1 Å². The SMILES string of the molecule is Cc1cc2nc(OC(C)C)c(C(=O)N3CCN(c4ccccn4)CC3)nc2cc1C. The number of hydrogen-bond acceptors (Lipinski definition) is 6. The molecule has 7 heteroatoms. The molecule has 0 radical (unpaired) electrons. The summed E-state index contributed by atoms with van der Waals surface area (Å²) < 4.78 is 5.88. The van der Waals surface area contributed by atoms with E-state index in [0.29, 0.717) is 24.5 Å². The van der Waals surface area contributed by atoms with Gasteiger partial charge in [0.2, 0.25) is 5.88 Å². The molecule has 30 heavy (non-hydrogen) atoms. The van der Waals surface area contributed by atoms with Crippen LogP contribution in [0.5, 0.6) is 5.88 Å². The smallest absolute Gasteiger partial charge is 0.278 e. The van der Waals surface area contributed by atoms with E-state index in [-0.39, 0.29) is 17.7 Å². The van der Waals surface area contributed by atoms with Gasteiger partial charge in [0.1, 0.15) is 5.82 Å². The highest BCUT2D eigenvalue weighted by Crippen LogP contribution is 2.24. The molecule has 1 aromatic carbocycles. The highest BCUT2D eigenvalue weighted by molar-refractivity contribution is 5.96. The number of fused-ring (bicyclic) bond motifs is 1. The van der Waals surface area contributed by atoms with Crippen molar-refractivity contribution in [2.45, 2.75) is 33.8 Å². The number of aryl methyl sites for hydroxylation is 2. The third-order valence-corrected chi connectivity index (χ3v) is 5.34. The molecule has 0 saturated carbocycles. The second kappa shape index (κ2) is 8.26. The number of anilines is 1. The Morgan fingerprint density at radius 1 is 1.00 bits per heavy atom. The van der Waals surface area contributed by atoms with Gasteiger partial charge in [-0.25, -0.2) is 15.0 Å². The van der Waals surface area contributed by atoms with E-state index in [2.05, 4.69) is 19.9 Å². The standard InChI is InChI=1S/C23H27N5O2/c1-15(2)30-22-21(25-18-13-16(3)17(4)14-19(18)26-22)23(29)28-11-9-27(10-12-28)20-7-5-6-8-24-20/h5-8,13-15H,9-12H2,1-4H3. The zero-order valence-corrected chi connectivity index (χ0v) is 17.9. The number of carbonyl (C=O) groups is 1. The molecular formula is C23H27N5O2. The Hall–Kier alpha value is -3.22. The number of piperazine rings is 1. The van der Waals surface area contributed by atoms with E-state index in [9.17, 15) is 4.79 Å². The van der Waals surface area contributed by atoms with E-state index in [1.165, 1.54) is 0 Å². The molecule has 0 bridgehead atoms. The maximum Gasteiger partial charge on any atom is 0.278 e. The minimum absolute atomic E-state index is 0.101. The van der Waals surface area contributed by atoms with Gasteiger partial charge in [0.25, 0.3) is 5.91 Å². The molecule has 0 spiro atoms. The van der Waals surface area contributed by atoms with Crippen LogP contribution in [0.2, 0.25) is 0 Å². The van der Waals surface area contributed by atoms with Crippen molar-refractivity contribution in [1.29, 1.82) is 0 Å². The third-order valence-electron chi connectivity index (χ3n) is 5.34. The highest BCUT2D eigenvalue weighted by atomic mass is 16.5. The first-order chi connectivity index (χ1) is 14.4. The fourth-order valence-electron chi connectivity index (χ4n) is 3.57. The second-order valence-electron chi connectivity index (χ2n) is 7.94. The van der Waals surface area contributed by atoms with Crippen LogP contribution in [0.1, 0.15) is 35.5 Å². The van der Waals surface area contributed by atoms with Crippen LogP contribution in [-0.2, 0) is 0 Å². The summed E-state index contributed by atoms with van der Waals surface area (Å²) in [7, 11) is 0.